The zero-order chi connectivity index (χ0) is 15.4. The first-order valence-corrected chi connectivity index (χ1v) is 8.22. The van der Waals surface area contributed by atoms with E-state index in [9.17, 15) is 4.79 Å². The van der Waals surface area contributed by atoms with Gasteiger partial charge in [-0.2, -0.15) is 0 Å². The van der Waals surface area contributed by atoms with Crippen molar-refractivity contribution < 1.29 is 4.79 Å². The Morgan fingerprint density at radius 2 is 2.24 bits per heavy atom. The summed E-state index contributed by atoms with van der Waals surface area (Å²) >= 11 is 4.72. The second-order valence-electron chi connectivity index (χ2n) is 4.80. The van der Waals surface area contributed by atoms with Gasteiger partial charge in [0, 0.05) is 10.2 Å². The van der Waals surface area contributed by atoms with Crippen molar-refractivity contribution >= 4 is 39.3 Å². The molecule has 112 valence electrons. The number of hydrogen-bond donors (Lipinski definition) is 1. The first-order chi connectivity index (χ1) is 9.97. The molecule has 2 aromatic rings. The average molecular weight is 370 g/mol. The molecule has 21 heavy (non-hydrogen) atoms. The molecule has 0 saturated carbocycles. The zero-order valence-corrected chi connectivity index (χ0v) is 14.4. The third-order valence-corrected chi connectivity index (χ3v) is 4.17. The second kappa shape index (κ2) is 7.04. The predicted molar refractivity (Wildman–Crippen MR) is 86.4 cm³/mol. The third-order valence-electron chi connectivity index (χ3n) is 2.75. The van der Waals surface area contributed by atoms with Crippen molar-refractivity contribution in [3.8, 4) is 0 Å². The van der Waals surface area contributed by atoms with E-state index >= 15 is 0 Å². The smallest absolute Gasteiger partial charge is 0.234 e. The SMILES string of the molecule is Cc1cc(Br)ccc1NC(=O)CSc1nnnn1C(C)C. The number of rotatable bonds is 5. The lowest BCUT2D eigenvalue weighted by Crippen LogP contribution is -2.15. The van der Waals surface area contributed by atoms with Gasteiger partial charge < -0.3 is 5.32 Å². The Hall–Kier alpha value is -1.41. The van der Waals surface area contributed by atoms with Crippen LogP contribution in [0, 0.1) is 6.92 Å². The van der Waals surface area contributed by atoms with E-state index in [1.54, 1.807) is 4.68 Å². The Balaban J connectivity index is 1.94. The standard InChI is InChI=1S/C13H16BrN5OS/c1-8(2)19-13(16-17-18-19)21-7-12(20)15-11-5-4-10(14)6-9(11)3/h4-6,8H,7H2,1-3H3,(H,15,20). The molecule has 8 heteroatoms. The van der Waals surface area contributed by atoms with Crippen molar-refractivity contribution in [1.29, 1.82) is 0 Å². The lowest BCUT2D eigenvalue weighted by Gasteiger charge is -2.09. The van der Waals surface area contributed by atoms with Crippen LogP contribution >= 0.6 is 27.7 Å². The Bertz CT molecular complexity index is 643. The quantitative estimate of drug-likeness (QED) is 0.819. The molecule has 0 bridgehead atoms. The highest BCUT2D eigenvalue weighted by atomic mass is 79.9. The van der Waals surface area contributed by atoms with E-state index in [-0.39, 0.29) is 17.7 Å². The first kappa shape index (κ1) is 16.0. The summed E-state index contributed by atoms with van der Waals surface area (Å²) in [6.45, 7) is 5.93. The van der Waals surface area contributed by atoms with Crippen LogP contribution in [0.5, 0.6) is 0 Å². The number of carbonyl (C=O) groups excluding carboxylic acids is 1. The fourth-order valence-electron chi connectivity index (χ4n) is 1.69. The van der Waals surface area contributed by atoms with Gasteiger partial charge in [0.15, 0.2) is 0 Å². The number of aromatic nitrogens is 4. The van der Waals surface area contributed by atoms with Gasteiger partial charge in [0.1, 0.15) is 0 Å². The lowest BCUT2D eigenvalue weighted by molar-refractivity contribution is -0.113. The van der Waals surface area contributed by atoms with Crippen LogP contribution < -0.4 is 5.32 Å². The zero-order valence-electron chi connectivity index (χ0n) is 12.0. The van der Waals surface area contributed by atoms with Gasteiger partial charge in [-0.25, -0.2) is 4.68 Å². The summed E-state index contributed by atoms with van der Waals surface area (Å²) in [7, 11) is 0. The van der Waals surface area contributed by atoms with Gasteiger partial charge in [0.25, 0.3) is 0 Å². The molecule has 0 aliphatic heterocycles. The van der Waals surface area contributed by atoms with Gasteiger partial charge in [-0.15, -0.1) is 5.10 Å². The fourth-order valence-corrected chi connectivity index (χ4v) is 2.97. The minimum Gasteiger partial charge on any atom is -0.325 e. The van der Waals surface area contributed by atoms with Gasteiger partial charge in [-0.05, 0) is 55.0 Å². The molecule has 6 nitrogen and oxygen atoms in total. The maximum atomic E-state index is 12.0. The van der Waals surface area contributed by atoms with Crippen LogP contribution in [0.25, 0.3) is 0 Å². The Kier molecular flexibility index (Phi) is 5.35. The molecule has 1 heterocycles. The Morgan fingerprint density at radius 3 is 2.90 bits per heavy atom. The van der Waals surface area contributed by atoms with Crippen molar-refractivity contribution in [1.82, 2.24) is 20.2 Å². The molecule has 0 aliphatic carbocycles. The molecule has 0 atom stereocenters. The summed E-state index contributed by atoms with van der Waals surface area (Å²) in [5, 5.41) is 15.0. The van der Waals surface area contributed by atoms with E-state index in [0.717, 1.165) is 15.7 Å². The predicted octanol–water partition coefficient (Wildman–Crippen LogP) is 3.06. The topological polar surface area (TPSA) is 72.7 Å². The lowest BCUT2D eigenvalue weighted by atomic mass is 10.2. The maximum Gasteiger partial charge on any atom is 0.234 e. The second-order valence-corrected chi connectivity index (χ2v) is 6.65. The molecule has 0 saturated heterocycles. The van der Waals surface area contributed by atoms with Gasteiger partial charge in [-0.1, -0.05) is 27.7 Å². The normalized spacial score (nSPS) is 10.9. The molecule has 0 spiro atoms. The first-order valence-electron chi connectivity index (χ1n) is 6.44. The third kappa shape index (κ3) is 4.28. The largest absolute Gasteiger partial charge is 0.325 e. The van der Waals surface area contributed by atoms with Gasteiger partial charge in [0.05, 0.1) is 11.8 Å². The Labute approximate surface area is 135 Å². The molecule has 0 fully saturated rings. The number of anilines is 1. The van der Waals surface area contributed by atoms with E-state index < -0.39 is 0 Å². The van der Waals surface area contributed by atoms with Crippen LogP contribution in [-0.4, -0.2) is 31.9 Å². The number of benzene rings is 1. The molecule has 1 amide bonds. The number of tetrazole rings is 1. The summed E-state index contributed by atoms with van der Waals surface area (Å²) in [5.74, 6) is 0.187. The maximum absolute atomic E-state index is 12.0. The van der Waals surface area contributed by atoms with Crippen molar-refractivity contribution in [3.05, 3.63) is 28.2 Å². The van der Waals surface area contributed by atoms with Crippen LogP contribution in [0.2, 0.25) is 0 Å². The highest BCUT2D eigenvalue weighted by Crippen LogP contribution is 2.21. The summed E-state index contributed by atoms with van der Waals surface area (Å²) in [6, 6.07) is 5.90. The number of nitrogens with one attached hydrogen (secondary N) is 1. The molecule has 0 aliphatic rings. The van der Waals surface area contributed by atoms with Crippen molar-refractivity contribution in [3.63, 3.8) is 0 Å². The van der Waals surface area contributed by atoms with E-state index in [0.29, 0.717) is 5.16 Å². The molecule has 2 rings (SSSR count). The number of halogens is 1. The molecule has 1 aromatic carbocycles. The van der Waals surface area contributed by atoms with E-state index in [1.807, 2.05) is 39.0 Å². The van der Waals surface area contributed by atoms with E-state index in [4.69, 9.17) is 0 Å². The van der Waals surface area contributed by atoms with Gasteiger partial charge in [-0.3, -0.25) is 4.79 Å². The highest BCUT2D eigenvalue weighted by Gasteiger charge is 2.12. The number of thioether (sulfide) groups is 1. The fraction of sp³-hybridized carbons (Fsp3) is 0.385. The number of nitrogens with zero attached hydrogens (tertiary/aromatic N) is 4. The summed E-state index contributed by atoms with van der Waals surface area (Å²) in [5.41, 5.74) is 1.82. The monoisotopic (exact) mass is 369 g/mol. The van der Waals surface area contributed by atoms with Gasteiger partial charge in [0.2, 0.25) is 11.1 Å². The van der Waals surface area contributed by atoms with E-state index in [1.165, 1.54) is 11.8 Å². The van der Waals surface area contributed by atoms with Crippen LogP contribution in [-0.2, 0) is 4.79 Å². The number of carbonyl (C=O) groups is 1. The molecule has 1 N–H and O–H groups in total. The number of amides is 1. The van der Waals surface area contributed by atoms with E-state index in [2.05, 4.69) is 36.8 Å². The highest BCUT2D eigenvalue weighted by molar-refractivity contribution is 9.10. The summed E-state index contributed by atoms with van der Waals surface area (Å²) < 4.78 is 2.69. The molecular weight excluding hydrogens is 354 g/mol. The van der Waals surface area contributed by atoms with Crippen LogP contribution in [0.3, 0.4) is 0 Å². The van der Waals surface area contributed by atoms with Crippen molar-refractivity contribution in [2.45, 2.75) is 32.0 Å². The minimum atomic E-state index is -0.0799. The Morgan fingerprint density at radius 1 is 1.48 bits per heavy atom. The molecule has 0 radical (unpaired) electrons. The number of aryl methyl sites for hydroxylation is 1. The summed E-state index contributed by atoms with van der Waals surface area (Å²) in [6.07, 6.45) is 0. The van der Waals surface area contributed by atoms with Crippen molar-refractivity contribution in [2.75, 3.05) is 11.1 Å². The van der Waals surface area contributed by atoms with Crippen LogP contribution in [0.1, 0.15) is 25.5 Å². The summed E-state index contributed by atoms with van der Waals surface area (Å²) in [4.78, 5) is 12.0. The molecule has 0 unspecified atom stereocenters. The van der Waals surface area contributed by atoms with Crippen LogP contribution in [0.15, 0.2) is 27.8 Å². The van der Waals surface area contributed by atoms with Gasteiger partial charge >= 0.3 is 0 Å². The number of hydrogen-bond acceptors (Lipinski definition) is 5. The molecular formula is C13H16BrN5OS. The molecule has 1 aromatic heterocycles. The van der Waals surface area contributed by atoms with Crippen molar-refractivity contribution in [2.24, 2.45) is 0 Å². The van der Waals surface area contributed by atoms with Crippen LogP contribution in [0.4, 0.5) is 5.69 Å². The average Bonchev–Trinajstić information content (AvgIpc) is 2.88. The minimum absolute atomic E-state index is 0.0799.